The molecular formula is C13H20FN3O6S. The van der Waals surface area contributed by atoms with E-state index < -0.39 is 51.6 Å². The monoisotopic (exact) mass is 365 g/mol. The quantitative estimate of drug-likeness (QED) is 0.675. The molecule has 0 radical (unpaired) electrons. The Morgan fingerprint density at radius 2 is 2.12 bits per heavy atom. The summed E-state index contributed by atoms with van der Waals surface area (Å²) in [6.07, 6.45) is -4.73. The van der Waals surface area contributed by atoms with Gasteiger partial charge in [0.05, 0.1) is 11.9 Å². The van der Waals surface area contributed by atoms with Gasteiger partial charge in [0.15, 0.2) is 12.4 Å². The maximum atomic E-state index is 14.8. The van der Waals surface area contributed by atoms with Gasteiger partial charge in [-0.3, -0.25) is 14.3 Å². The van der Waals surface area contributed by atoms with Crippen LogP contribution in [0, 0.1) is 0 Å². The number of H-pyrrole nitrogens is 1. The van der Waals surface area contributed by atoms with Gasteiger partial charge >= 0.3 is 5.69 Å². The van der Waals surface area contributed by atoms with E-state index in [1.807, 2.05) is 4.98 Å². The maximum Gasteiger partial charge on any atom is 0.330 e. The minimum atomic E-state index is -3.68. The molecule has 136 valence electrons. The Morgan fingerprint density at radius 3 is 2.67 bits per heavy atom. The average molecular weight is 365 g/mol. The lowest BCUT2D eigenvalue weighted by atomic mass is 10.1. The van der Waals surface area contributed by atoms with E-state index in [-0.39, 0.29) is 6.10 Å². The molecule has 1 aromatic heterocycles. The Kier molecular flexibility index (Phi) is 5.58. The Bertz CT molecular complexity index is 789. The lowest BCUT2D eigenvalue weighted by Gasteiger charge is -2.21. The zero-order valence-corrected chi connectivity index (χ0v) is 14.2. The Balaban J connectivity index is 2.35. The molecule has 1 aliphatic rings. The summed E-state index contributed by atoms with van der Waals surface area (Å²) in [6.45, 7) is 3.35. The normalized spacial score (nSPS) is 27.7. The highest BCUT2D eigenvalue weighted by molar-refractivity contribution is 7.89. The molecule has 11 heteroatoms. The van der Waals surface area contributed by atoms with E-state index >= 15 is 0 Å². The van der Waals surface area contributed by atoms with Gasteiger partial charge in [-0.15, -0.1) is 0 Å². The van der Waals surface area contributed by atoms with Crippen molar-refractivity contribution in [3.8, 4) is 0 Å². The molecule has 24 heavy (non-hydrogen) atoms. The number of rotatable bonds is 6. The molecule has 2 heterocycles. The smallest absolute Gasteiger partial charge is 0.330 e. The first-order valence-electron chi connectivity index (χ1n) is 7.32. The van der Waals surface area contributed by atoms with Crippen LogP contribution in [0.5, 0.6) is 0 Å². The molecule has 1 fully saturated rings. The van der Waals surface area contributed by atoms with Crippen molar-refractivity contribution in [2.45, 2.75) is 44.6 Å². The minimum Gasteiger partial charge on any atom is -0.370 e. The predicted molar refractivity (Wildman–Crippen MR) is 83.0 cm³/mol. The number of aromatic amines is 1. The summed E-state index contributed by atoms with van der Waals surface area (Å²) in [7, 11) is -2.45. The Labute approximate surface area is 137 Å². The molecule has 2 rings (SSSR count). The lowest BCUT2D eigenvalue weighted by molar-refractivity contribution is -0.0486. The number of hydrogen-bond acceptors (Lipinski definition) is 6. The molecule has 4 atom stereocenters. The summed E-state index contributed by atoms with van der Waals surface area (Å²) in [5.74, 6) is -0.518. The Hall–Kier alpha value is -1.56. The number of sulfonamides is 1. The van der Waals surface area contributed by atoms with Crippen molar-refractivity contribution >= 4 is 10.0 Å². The number of nitrogens with zero attached hydrogens (tertiary/aromatic N) is 1. The van der Waals surface area contributed by atoms with E-state index in [9.17, 15) is 22.4 Å². The number of alkyl halides is 1. The highest BCUT2D eigenvalue weighted by Crippen LogP contribution is 2.34. The van der Waals surface area contributed by atoms with Gasteiger partial charge in [0.2, 0.25) is 10.0 Å². The molecule has 0 amide bonds. The molecule has 9 nitrogen and oxygen atoms in total. The summed E-state index contributed by atoms with van der Waals surface area (Å²) >= 11 is 0. The molecule has 0 spiro atoms. The molecule has 0 aliphatic carbocycles. The van der Waals surface area contributed by atoms with Gasteiger partial charge in [-0.25, -0.2) is 22.3 Å². The fourth-order valence-electron chi connectivity index (χ4n) is 2.46. The number of hydrogen-bond donors (Lipinski definition) is 2. The fourth-order valence-corrected chi connectivity index (χ4v) is 3.32. The van der Waals surface area contributed by atoms with Gasteiger partial charge in [0.25, 0.3) is 5.56 Å². The summed E-state index contributed by atoms with van der Waals surface area (Å²) in [4.78, 5) is 25.0. The van der Waals surface area contributed by atoms with Crippen LogP contribution in [0.4, 0.5) is 4.39 Å². The molecule has 1 aromatic rings. The van der Waals surface area contributed by atoms with E-state index in [0.717, 1.165) is 16.8 Å². The van der Waals surface area contributed by atoms with Gasteiger partial charge < -0.3 is 9.47 Å². The van der Waals surface area contributed by atoms with Crippen LogP contribution in [0.15, 0.2) is 21.9 Å². The van der Waals surface area contributed by atoms with E-state index in [0.29, 0.717) is 0 Å². The average Bonchev–Trinajstić information content (AvgIpc) is 2.75. The molecule has 0 aromatic carbocycles. The van der Waals surface area contributed by atoms with Gasteiger partial charge in [-0.05, 0) is 20.9 Å². The molecule has 1 aliphatic heterocycles. The summed E-state index contributed by atoms with van der Waals surface area (Å²) in [5, 5.41) is 0. The first kappa shape index (κ1) is 18.8. The second-order valence-electron chi connectivity index (χ2n) is 5.66. The van der Waals surface area contributed by atoms with E-state index in [1.165, 1.54) is 7.05 Å². The van der Waals surface area contributed by atoms with Crippen molar-refractivity contribution in [1.29, 1.82) is 0 Å². The van der Waals surface area contributed by atoms with Crippen molar-refractivity contribution < 1.29 is 22.3 Å². The van der Waals surface area contributed by atoms with Crippen molar-refractivity contribution in [2.24, 2.45) is 0 Å². The zero-order chi connectivity index (χ0) is 18.1. The topological polar surface area (TPSA) is 119 Å². The summed E-state index contributed by atoms with van der Waals surface area (Å²) in [5.41, 5.74) is -1.48. The zero-order valence-electron chi connectivity index (χ0n) is 13.4. The van der Waals surface area contributed by atoms with Gasteiger partial charge in [-0.2, -0.15) is 0 Å². The molecule has 0 unspecified atom stereocenters. The number of aromatic nitrogens is 2. The molecule has 0 saturated carbocycles. The second-order valence-corrected chi connectivity index (χ2v) is 7.63. The van der Waals surface area contributed by atoms with Crippen LogP contribution >= 0.6 is 0 Å². The number of nitrogens with one attached hydrogen (secondary N) is 2. The van der Waals surface area contributed by atoms with Crippen LogP contribution in [0.1, 0.15) is 20.1 Å². The van der Waals surface area contributed by atoms with Crippen LogP contribution in [-0.4, -0.2) is 55.3 Å². The standard InChI is InChI=1S/C13H20FN3O6S/c1-7(2)22-11-8(6-24(20,21)15-3)23-12(10(11)14)17-5-4-9(18)16-13(17)19/h4-5,7-8,10-12,15H,6H2,1-3H3,(H,16,18,19)/t8-,10-,11-,12-/m1/s1. The fraction of sp³-hybridized carbons (Fsp3) is 0.692. The number of halogens is 1. The van der Waals surface area contributed by atoms with E-state index in [4.69, 9.17) is 9.47 Å². The van der Waals surface area contributed by atoms with Crippen molar-refractivity contribution in [3.63, 3.8) is 0 Å². The van der Waals surface area contributed by atoms with Gasteiger partial charge in [0.1, 0.15) is 12.2 Å². The van der Waals surface area contributed by atoms with Crippen molar-refractivity contribution in [3.05, 3.63) is 33.1 Å². The first-order chi connectivity index (χ1) is 11.1. The third kappa shape index (κ3) is 4.09. The highest BCUT2D eigenvalue weighted by atomic mass is 32.2. The van der Waals surface area contributed by atoms with Crippen molar-refractivity contribution in [2.75, 3.05) is 12.8 Å². The van der Waals surface area contributed by atoms with E-state index in [1.54, 1.807) is 13.8 Å². The number of ether oxygens (including phenoxy) is 2. The molecule has 1 saturated heterocycles. The van der Waals surface area contributed by atoms with Crippen LogP contribution in [0.3, 0.4) is 0 Å². The third-order valence-electron chi connectivity index (χ3n) is 3.52. The predicted octanol–water partition coefficient (Wildman–Crippen LogP) is -0.885. The third-order valence-corrected chi connectivity index (χ3v) is 4.91. The molecule has 2 N–H and O–H groups in total. The molecule has 0 bridgehead atoms. The Morgan fingerprint density at radius 1 is 1.46 bits per heavy atom. The summed E-state index contributed by atoms with van der Waals surface area (Å²) in [6, 6.07) is 1.05. The second kappa shape index (κ2) is 7.13. The minimum absolute atomic E-state index is 0.373. The lowest BCUT2D eigenvalue weighted by Crippen LogP contribution is -2.40. The first-order valence-corrected chi connectivity index (χ1v) is 8.97. The highest BCUT2D eigenvalue weighted by Gasteiger charge is 2.49. The maximum absolute atomic E-state index is 14.8. The van der Waals surface area contributed by atoms with Crippen LogP contribution in [-0.2, 0) is 19.5 Å². The van der Waals surface area contributed by atoms with Crippen LogP contribution in [0.25, 0.3) is 0 Å². The largest absolute Gasteiger partial charge is 0.370 e. The molecular weight excluding hydrogens is 345 g/mol. The van der Waals surface area contributed by atoms with Crippen LogP contribution in [0.2, 0.25) is 0 Å². The van der Waals surface area contributed by atoms with Crippen molar-refractivity contribution in [1.82, 2.24) is 14.3 Å². The summed E-state index contributed by atoms with van der Waals surface area (Å²) < 4.78 is 52.2. The van der Waals surface area contributed by atoms with Gasteiger partial charge in [0, 0.05) is 12.3 Å². The van der Waals surface area contributed by atoms with Crippen LogP contribution < -0.4 is 16.0 Å². The van der Waals surface area contributed by atoms with Gasteiger partial charge in [-0.1, -0.05) is 0 Å². The SMILES string of the molecule is CNS(=O)(=O)C[C@H]1O[C@@H](n2ccc(=O)[nH]c2=O)[C@H](F)[C@@H]1OC(C)C. The van der Waals surface area contributed by atoms with E-state index in [2.05, 4.69) is 4.72 Å².